The molecule has 0 aromatic heterocycles. The van der Waals surface area contributed by atoms with E-state index in [1.807, 2.05) is 0 Å². The molecule has 0 bridgehead atoms. The fourth-order valence-corrected chi connectivity index (χ4v) is 2.86. The first-order valence-electron chi connectivity index (χ1n) is 5.68. The number of nitrogens with two attached hydrogens (primary N) is 1. The molecule has 2 aliphatic carbocycles. The van der Waals surface area contributed by atoms with Crippen molar-refractivity contribution in [2.75, 3.05) is 0 Å². The Kier molecular flexibility index (Phi) is 4.77. The van der Waals surface area contributed by atoms with Crippen molar-refractivity contribution in [2.45, 2.75) is 51.4 Å². The molecule has 0 aliphatic heterocycles. The van der Waals surface area contributed by atoms with Gasteiger partial charge in [0.1, 0.15) is 0 Å². The van der Waals surface area contributed by atoms with Crippen molar-refractivity contribution in [2.24, 2.45) is 17.6 Å². The van der Waals surface area contributed by atoms with E-state index in [-0.39, 0.29) is 0 Å². The van der Waals surface area contributed by atoms with Crippen LogP contribution in [0.25, 0.3) is 0 Å². The minimum Gasteiger partial charge on any atom is -0.465 e. The molecule has 2 aliphatic rings. The Morgan fingerprint density at radius 2 is 1.14 bits per heavy atom. The van der Waals surface area contributed by atoms with Crippen LogP contribution in [-0.4, -0.2) is 11.2 Å². The Morgan fingerprint density at radius 1 is 0.929 bits per heavy atom. The molecule has 3 N–H and O–H groups in total. The van der Waals surface area contributed by atoms with Gasteiger partial charge in [-0.3, -0.25) is 0 Å². The van der Waals surface area contributed by atoms with E-state index in [0.717, 1.165) is 11.8 Å². The molecule has 14 heavy (non-hydrogen) atoms. The highest BCUT2D eigenvalue weighted by Gasteiger charge is 2.26. The molecule has 3 heteroatoms. The predicted octanol–water partition coefficient (Wildman–Crippen LogP) is 2.99. The quantitative estimate of drug-likeness (QED) is 0.630. The fraction of sp³-hybridized carbons (Fsp3) is 0.909. The molecule has 0 spiro atoms. The van der Waals surface area contributed by atoms with Crippen LogP contribution in [-0.2, 0) is 0 Å². The number of carbonyl (C=O) groups is 1. The van der Waals surface area contributed by atoms with Crippen LogP contribution in [0.4, 0.5) is 4.79 Å². The lowest BCUT2D eigenvalue weighted by Crippen LogP contribution is -2.22. The van der Waals surface area contributed by atoms with E-state index in [1.165, 1.54) is 25.7 Å². The molecule has 0 radical (unpaired) electrons. The molecule has 2 saturated carbocycles. The summed E-state index contributed by atoms with van der Waals surface area (Å²) in [5.74, 6) is 2.31. The third-order valence-corrected chi connectivity index (χ3v) is 3.47. The van der Waals surface area contributed by atoms with Crippen molar-refractivity contribution in [1.82, 2.24) is 0 Å². The van der Waals surface area contributed by atoms with Crippen molar-refractivity contribution in [3.8, 4) is 0 Å². The van der Waals surface area contributed by atoms with Gasteiger partial charge in [0.25, 0.3) is 0 Å². The van der Waals surface area contributed by atoms with Gasteiger partial charge in [-0.15, -0.1) is 0 Å². The first kappa shape index (κ1) is 11.3. The van der Waals surface area contributed by atoms with Crippen molar-refractivity contribution in [1.29, 1.82) is 0 Å². The van der Waals surface area contributed by atoms with E-state index in [2.05, 4.69) is 5.73 Å². The van der Waals surface area contributed by atoms with Crippen molar-refractivity contribution in [3.05, 3.63) is 0 Å². The van der Waals surface area contributed by atoms with Crippen LogP contribution in [0.2, 0.25) is 0 Å². The van der Waals surface area contributed by atoms with Crippen LogP contribution in [0.5, 0.6) is 0 Å². The maximum atomic E-state index is 8.78. The molecule has 2 fully saturated rings. The lowest BCUT2D eigenvalue weighted by atomic mass is 9.71. The molecule has 0 aromatic carbocycles. The first-order valence-corrected chi connectivity index (χ1v) is 5.68. The lowest BCUT2D eigenvalue weighted by molar-refractivity contribution is 0.171. The predicted molar refractivity (Wildman–Crippen MR) is 56.1 cm³/mol. The van der Waals surface area contributed by atoms with Gasteiger partial charge in [0.2, 0.25) is 0 Å². The smallest absolute Gasteiger partial charge is 0.402 e. The van der Waals surface area contributed by atoms with Gasteiger partial charge in [0.15, 0.2) is 0 Å². The maximum Gasteiger partial charge on any atom is 0.402 e. The fourth-order valence-electron chi connectivity index (χ4n) is 2.86. The standard InChI is InChI=1S/C10H18.CH3NO2/c1-2-6-10-8-4-3-7-9(10)5-1;2-1(3)4/h9-10H,1-8H2;2H2,(H,3,4). The molecule has 82 valence electrons. The minimum absolute atomic E-state index is 1.16. The number of rotatable bonds is 0. The number of carboxylic acid groups (broad SMARTS) is 1. The second-order valence-electron chi connectivity index (χ2n) is 4.43. The molecule has 0 aromatic rings. The van der Waals surface area contributed by atoms with Crippen molar-refractivity contribution in [3.63, 3.8) is 0 Å². The minimum atomic E-state index is -1.33. The lowest BCUT2D eigenvalue weighted by Gasteiger charge is -2.35. The van der Waals surface area contributed by atoms with Gasteiger partial charge in [0.05, 0.1) is 0 Å². The maximum absolute atomic E-state index is 8.78. The zero-order valence-corrected chi connectivity index (χ0v) is 8.74. The van der Waals surface area contributed by atoms with Gasteiger partial charge in [-0.25, -0.2) is 4.79 Å². The zero-order valence-electron chi connectivity index (χ0n) is 8.74. The van der Waals surface area contributed by atoms with Crippen LogP contribution in [0.15, 0.2) is 0 Å². The number of amides is 1. The molecule has 1 amide bonds. The van der Waals surface area contributed by atoms with Gasteiger partial charge in [0, 0.05) is 0 Å². The van der Waals surface area contributed by atoms with E-state index >= 15 is 0 Å². The largest absolute Gasteiger partial charge is 0.465 e. The van der Waals surface area contributed by atoms with Crippen LogP contribution in [0, 0.1) is 11.8 Å². The normalized spacial score (nSPS) is 30.9. The number of primary amides is 1. The Bertz CT molecular complexity index is 152. The Hall–Kier alpha value is -0.730. The third kappa shape index (κ3) is 3.99. The summed E-state index contributed by atoms with van der Waals surface area (Å²) >= 11 is 0. The third-order valence-electron chi connectivity index (χ3n) is 3.47. The number of hydrogen-bond acceptors (Lipinski definition) is 1. The Labute approximate surface area is 85.7 Å². The van der Waals surface area contributed by atoms with Crippen LogP contribution in [0.1, 0.15) is 51.4 Å². The van der Waals surface area contributed by atoms with E-state index < -0.39 is 6.09 Å². The average molecular weight is 199 g/mol. The molecule has 0 unspecified atom stereocenters. The Morgan fingerprint density at radius 3 is 1.36 bits per heavy atom. The molecular weight excluding hydrogens is 178 g/mol. The van der Waals surface area contributed by atoms with Crippen LogP contribution < -0.4 is 5.73 Å². The molecular formula is C11H21NO2. The average Bonchev–Trinajstić information content (AvgIpc) is 2.17. The van der Waals surface area contributed by atoms with E-state index in [1.54, 1.807) is 25.7 Å². The first-order chi connectivity index (χ1) is 6.70. The summed E-state index contributed by atoms with van der Waals surface area (Å²) in [5.41, 5.74) is 4.03. The molecule has 0 atom stereocenters. The van der Waals surface area contributed by atoms with Crippen molar-refractivity contribution < 1.29 is 9.90 Å². The summed E-state index contributed by atoms with van der Waals surface area (Å²) in [6.45, 7) is 0. The van der Waals surface area contributed by atoms with Crippen molar-refractivity contribution >= 4 is 6.09 Å². The van der Waals surface area contributed by atoms with Crippen LogP contribution in [0.3, 0.4) is 0 Å². The molecule has 0 heterocycles. The van der Waals surface area contributed by atoms with Gasteiger partial charge < -0.3 is 10.8 Å². The summed E-state index contributed by atoms with van der Waals surface area (Å²) in [6.07, 6.45) is 11.0. The Balaban J connectivity index is 0.000000213. The summed E-state index contributed by atoms with van der Waals surface area (Å²) in [4.78, 5) is 8.78. The van der Waals surface area contributed by atoms with E-state index in [0.29, 0.717) is 0 Å². The van der Waals surface area contributed by atoms with Gasteiger partial charge in [-0.2, -0.15) is 0 Å². The van der Waals surface area contributed by atoms with E-state index in [4.69, 9.17) is 9.90 Å². The highest BCUT2D eigenvalue weighted by Crippen LogP contribution is 2.39. The summed E-state index contributed by atoms with van der Waals surface area (Å²) < 4.78 is 0. The monoisotopic (exact) mass is 199 g/mol. The molecule has 0 saturated heterocycles. The summed E-state index contributed by atoms with van der Waals surface area (Å²) in [6, 6.07) is 0. The summed E-state index contributed by atoms with van der Waals surface area (Å²) in [5, 5.41) is 7.19. The zero-order chi connectivity index (χ0) is 10.4. The number of hydrogen-bond donors (Lipinski definition) is 2. The van der Waals surface area contributed by atoms with Crippen LogP contribution >= 0.6 is 0 Å². The second-order valence-corrected chi connectivity index (χ2v) is 4.43. The molecule has 2 rings (SSSR count). The molecule has 3 nitrogen and oxygen atoms in total. The highest BCUT2D eigenvalue weighted by atomic mass is 16.4. The number of fused-ring (bicyclic) bond motifs is 1. The van der Waals surface area contributed by atoms with E-state index in [9.17, 15) is 0 Å². The summed E-state index contributed by atoms with van der Waals surface area (Å²) in [7, 11) is 0. The van der Waals surface area contributed by atoms with Gasteiger partial charge >= 0.3 is 6.09 Å². The highest BCUT2D eigenvalue weighted by molar-refractivity contribution is 5.61. The second kappa shape index (κ2) is 5.89. The topological polar surface area (TPSA) is 63.3 Å². The van der Waals surface area contributed by atoms with Gasteiger partial charge in [-0.05, 0) is 11.8 Å². The van der Waals surface area contributed by atoms with Gasteiger partial charge in [-0.1, -0.05) is 51.4 Å². The SMILES string of the molecule is C1CCC2CCCCC2C1.NC(=O)O.